The van der Waals surface area contributed by atoms with Gasteiger partial charge < -0.3 is 15.5 Å². The normalized spacial score (nSPS) is 15.4. The summed E-state index contributed by atoms with van der Waals surface area (Å²) in [6.07, 6.45) is 6.01. The van der Waals surface area contributed by atoms with E-state index in [1.54, 1.807) is 11.3 Å². The number of pyridine rings is 1. The van der Waals surface area contributed by atoms with Crippen LogP contribution in [0.5, 0.6) is 0 Å². The summed E-state index contributed by atoms with van der Waals surface area (Å²) in [5.74, 6) is 1.96. The molecule has 0 spiro atoms. The fourth-order valence-electron chi connectivity index (χ4n) is 3.63. The molecule has 2 N–H and O–H groups in total. The van der Waals surface area contributed by atoms with Gasteiger partial charge in [-0.1, -0.05) is 0 Å². The minimum Gasteiger partial charge on any atom is -0.383 e. The van der Waals surface area contributed by atoms with Gasteiger partial charge in [0.1, 0.15) is 16.5 Å². The predicted octanol–water partition coefficient (Wildman–Crippen LogP) is 3.37. The molecule has 0 bridgehead atoms. The van der Waals surface area contributed by atoms with E-state index in [0.29, 0.717) is 6.04 Å². The molecule has 1 fully saturated rings. The minimum absolute atomic E-state index is 0.572. The third-order valence-corrected chi connectivity index (χ3v) is 5.91. The molecule has 4 heterocycles. The maximum Gasteiger partial charge on any atom is 0.141 e. The summed E-state index contributed by atoms with van der Waals surface area (Å²) in [4.78, 5) is 16.9. The summed E-state index contributed by atoms with van der Waals surface area (Å²) in [6, 6.07) is 4.75. The molecular formula is C20H26N6S. The van der Waals surface area contributed by atoms with Crippen molar-refractivity contribution in [2.75, 3.05) is 36.4 Å². The van der Waals surface area contributed by atoms with E-state index in [1.807, 2.05) is 25.4 Å². The Hall–Kier alpha value is -2.25. The summed E-state index contributed by atoms with van der Waals surface area (Å²) in [6.45, 7) is 8.03. The van der Waals surface area contributed by atoms with Gasteiger partial charge in [-0.15, -0.1) is 11.3 Å². The summed E-state index contributed by atoms with van der Waals surface area (Å²) in [5.41, 5.74) is 2.35. The molecule has 0 atom stereocenters. The van der Waals surface area contributed by atoms with Crippen LogP contribution in [-0.4, -0.2) is 47.2 Å². The van der Waals surface area contributed by atoms with Gasteiger partial charge in [0.15, 0.2) is 0 Å². The van der Waals surface area contributed by atoms with Crippen LogP contribution in [0.3, 0.4) is 0 Å². The van der Waals surface area contributed by atoms with Gasteiger partial charge in [-0.2, -0.15) is 0 Å². The number of hydrogen-bond acceptors (Lipinski definition) is 7. The minimum atomic E-state index is 0.572. The molecule has 3 aromatic rings. The highest BCUT2D eigenvalue weighted by Crippen LogP contribution is 2.29. The third kappa shape index (κ3) is 4.20. The summed E-state index contributed by atoms with van der Waals surface area (Å²) in [5, 5.41) is 10.5. The van der Waals surface area contributed by atoms with Crippen LogP contribution in [0.4, 0.5) is 11.5 Å². The topological polar surface area (TPSA) is 66.0 Å². The molecule has 0 aliphatic carbocycles. The number of rotatable bonds is 6. The number of hydrogen-bond donors (Lipinski definition) is 2. The lowest BCUT2D eigenvalue weighted by molar-refractivity contribution is 0.420. The van der Waals surface area contributed by atoms with Crippen molar-refractivity contribution in [2.24, 2.45) is 0 Å². The smallest absolute Gasteiger partial charge is 0.141 e. The summed E-state index contributed by atoms with van der Waals surface area (Å²) < 4.78 is 0. The van der Waals surface area contributed by atoms with E-state index in [9.17, 15) is 0 Å². The average Bonchev–Trinajstić information content (AvgIpc) is 3.15. The number of thiophene rings is 1. The molecule has 27 heavy (non-hydrogen) atoms. The number of aryl methyl sites for hydroxylation is 2. The monoisotopic (exact) mass is 382 g/mol. The van der Waals surface area contributed by atoms with E-state index in [1.165, 1.54) is 16.6 Å². The van der Waals surface area contributed by atoms with E-state index in [4.69, 9.17) is 4.98 Å². The molecule has 1 saturated heterocycles. The van der Waals surface area contributed by atoms with Crippen molar-refractivity contribution in [3.05, 3.63) is 41.3 Å². The zero-order valence-corrected chi connectivity index (χ0v) is 16.7. The van der Waals surface area contributed by atoms with Crippen LogP contribution in [0.2, 0.25) is 0 Å². The van der Waals surface area contributed by atoms with Crippen LogP contribution in [0.15, 0.2) is 29.9 Å². The van der Waals surface area contributed by atoms with Gasteiger partial charge in [0.05, 0.1) is 5.39 Å². The van der Waals surface area contributed by atoms with Crippen molar-refractivity contribution < 1.29 is 0 Å². The second-order valence-corrected chi connectivity index (χ2v) is 7.96. The van der Waals surface area contributed by atoms with E-state index < -0.39 is 0 Å². The number of aromatic nitrogens is 3. The van der Waals surface area contributed by atoms with Gasteiger partial charge in [0, 0.05) is 50.3 Å². The van der Waals surface area contributed by atoms with Gasteiger partial charge in [0.25, 0.3) is 0 Å². The number of anilines is 2. The van der Waals surface area contributed by atoms with Gasteiger partial charge in [-0.25, -0.2) is 9.97 Å². The highest BCUT2D eigenvalue weighted by atomic mass is 32.1. The average molecular weight is 383 g/mol. The Labute approximate surface area is 164 Å². The SMILES string of the molecule is Cc1nc(N2CCC(NCCNc3ccncc3C)CC2)c2ccsc2n1. The lowest BCUT2D eigenvalue weighted by Gasteiger charge is -2.33. The summed E-state index contributed by atoms with van der Waals surface area (Å²) >= 11 is 1.69. The lowest BCUT2D eigenvalue weighted by Crippen LogP contribution is -2.44. The van der Waals surface area contributed by atoms with Crippen molar-refractivity contribution in [2.45, 2.75) is 32.7 Å². The van der Waals surface area contributed by atoms with Crippen molar-refractivity contribution in [1.29, 1.82) is 0 Å². The van der Waals surface area contributed by atoms with Crippen molar-refractivity contribution in [3.8, 4) is 0 Å². The molecule has 4 rings (SSSR count). The lowest BCUT2D eigenvalue weighted by atomic mass is 10.0. The highest BCUT2D eigenvalue weighted by molar-refractivity contribution is 7.16. The Kier molecular flexibility index (Phi) is 5.50. The quantitative estimate of drug-likeness (QED) is 0.637. The Morgan fingerprint density at radius 3 is 2.81 bits per heavy atom. The van der Waals surface area contributed by atoms with Crippen LogP contribution in [0.1, 0.15) is 24.2 Å². The van der Waals surface area contributed by atoms with Gasteiger partial charge in [-0.05, 0) is 49.8 Å². The van der Waals surface area contributed by atoms with Crippen LogP contribution < -0.4 is 15.5 Å². The number of nitrogens with one attached hydrogen (secondary N) is 2. The Balaban J connectivity index is 1.27. The molecule has 3 aromatic heterocycles. The van der Waals surface area contributed by atoms with Gasteiger partial charge >= 0.3 is 0 Å². The molecule has 0 aromatic carbocycles. The molecule has 0 saturated carbocycles. The fraction of sp³-hybridized carbons (Fsp3) is 0.450. The molecule has 142 valence electrons. The first-order valence-corrected chi connectivity index (χ1v) is 10.4. The molecule has 6 nitrogen and oxygen atoms in total. The van der Waals surface area contributed by atoms with E-state index in [-0.39, 0.29) is 0 Å². The van der Waals surface area contributed by atoms with Crippen molar-refractivity contribution in [3.63, 3.8) is 0 Å². The third-order valence-electron chi connectivity index (χ3n) is 5.10. The molecule has 1 aliphatic rings. The molecule has 0 amide bonds. The standard InChI is InChI=1S/C20H26N6S/c1-14-13-21-7-3-18(14)23-9-8-22-16-4-10-26(11-5-16)19-17-6-12-27-20(17)25-15(2)24-19/h3,6-7,12-13,16,22H,4-5,8-11H2,1-2H3,(H,21,23). The maximum atomic E-state index is 4.73. The molecule has 1 aliphatic heterocycles. The fourth-order valence-corrected chi connectivity index (χ4v) is 4.43. The zero-order valence-electron chi connectivity index (χ0n) is 15.9. The van der Waals surface area contributed by atoms with Gasteiger partial charge in [0.2, 0.25) is 0 Å². The molecule has 7 heteroatoms. The Morgan fingerprint density at radius 1 is 1.15 bits per heavy atom. The Bertz CT molecular complexity index is 900. The first-order valence-electron chi connectivity index (χ1n) is 9.55. The van der Waals surface area contributed by atoms with E-state index >= 15 is 0 Å². The highest BCUT2D eigenvalue weighted by Gasteiger charge is 2.22. The molecular weight excluding hydrogens is 356 g/mol. The summed E-state index contributed by atoms with van der Waals surface area (Å²) in [7, 11) is 0. The second-order valence-electron chi connectivity index (χ2n) is 7.07. The number of nitrogens with zero attached hydrogens (tertiary/aromatic N) is 4. The molecule has 0 unspecified atom stereocenters. The maximum absolute atomic E-state index is 4.73. The predicted molar refractivity (Wildman–Crippen MR) is 113 cm³/mol. The van der Waals surface area contributed by atoms with E-state index in [2.05, 4.69) is 43.9 Å². The number of piperidine rings is 1. The van der Waals surface area contributed by atoms with Crippen LogP contribution >= 0.6 is 11.3 Å². The van der Waals surface area contributed by atoms with Crippen molar-refractivity contribution in [1.82, 2.24) is 20.3 Å². The first-order chi connectivity index (χ1) is 13.2. The van der Waals surface area contributed by atoms with Gasteiger partial charge in [-0.3, -0.25) is 4.98 Å². The van der Waals surface area contributed by atoms with Crippen LogP contribution in [0, 0.1) is 13.8 Å². The van der Waals surface area contributed by atoms with Crippen LogP contribution in [-0.2, 0) is 0 Å². The number of fused-ring (bicyclic) bond motifs is 1. The van der Waals surface area contributed by atoms with Crippen molar-refractivity contribution >= 4 is 33.1 Å². The molecule has 0 radical (unpaired) electrons. The van der Waals surface area contributed by atoms with Crippen LogP contribution in [0.25, 0.3) is 10.2 Å². The second kappa shape index (κ2) is 8.19. The zero-order chi connectivity index (χ0) is 18.6. The Morgan fingerprint density at radius 2 is 2.00 bits per heavy atom. The first kappa shape index (κ1) is 18.1. The van der Waals surface area contributed by atoms with E-state index in [0.717, 1.165) is 55.5 Å². The largest absolute Gasteiger partial charge is 0.383 e.